The van der Waals surface area contributed by atoms with E-state index in [0.717, 1.165) is 18.8 Å². The van der Waals surface area contributed by atoms with E-state index in [9.17, 15) is 0 Å². The van der Waals surface area contributed by atoms with Crippen LogP contribution in [0.25, 0.3) is 0 Å². The van der Waals surface area contributed by atoms with Crippen molar-refractivity contribution < 1.29 is 4.74 Å². The lowest BCUT2D eigenvalue weighted by Crippen LogP contribution is -2.12. The van der Waals surface area contributed by atoms with Crippen molar-refractivity contribution in [3.63, 3.8) is 0 Å². The van der Waals surface area contributed by atoms with Crippen molar-refractivity contribution in [1.82, 2.24) is 4.98 Å². The zero-order chi connectivity index (χ0) is 11.1. The summed E-state index contributed by atoms with van der Waals surface area (Å²) in [4.78, 5) is 3.91. The van der Waals surface area contributed by atoms with Crippen molar-refractivity contribution in [1.29, 1.82) is 0 Å². The fourth-order valence-electron chi connectivity index (χ4n) is 1.10. The van der Waals surface area contributed by atoms with E-state index in [2.05, 4.69) is 24.1 Å². The van der Waals surface area contributed by atoms with Crippen LogP contribution in [0.4, 0.5) is 5.69 Å². The number of hydrogen-bond donors (Lipinski definition) is 1. The topological polar surface area (TPSA) is 34.1 Å². The van der Waals surface area contributed by atoms with Crippen LogP contribution in [-0.4, -0.2) is 24.7 Å². The van der Waals surface area contributed by atoms with Crippen LogP contribution in [-0.2, 0) is 4.74 Å². The molecule has 0 aliphatic heterocycles. The molecule has 0 atom stereocenters. The minimum Gasteiger partial charge on any atom is -0.381 e. The first-order valence-electron chi connectivity index (χ1n) is 5.11. The van der Waals surface area contributed by atoms with Gasteiger partial charge >= 0.3 is 0 Å². The van der Waals surface area contributed by atoms with E-state index in [1.54, 1.807) is 12.4 Å². The number of pyridine rings is 1. The van der Waals surface area contributed by atoms with Gasteiger partial charge in [-0.1, -0.05) is 25.4 Å². The molecule has 0 aromatic carbocycles. The van der Waals surface area contributed by atoms with Gasteiger partial charge in [-0.15, -0.1) is 0 Å². The Morgan fingerprint density at radius 1 is 1.53 bits per heavy atom. The number of nitrogens with zero attached hydrogens (tertiary/aromatic N) is 1. The lowest BCUT2D eigenvalue weighted by atomic mass is 10.2. The van der Waals surface area contributed by atoms with Crippen LogP contribution in [0.1, 0.15) is 13.8 Å². The zero-order valence-electron chi connectivity index (χ0n) is 9.16. The lowest BCUT2D eigenvalue weighted by molar-refractivity contribution is 0.118. The Balaban J connectivity index is 2.18. The first kappa shape index (κ1) is 12.3. The SMILES string of the molecule is CC(C)COCCNc1ccncc1Cl. The molecule has 0 spiro atoms. The third kappa shape index (κ3) is 5.00. The molecule has 1 aromatic rings. The molecule has 0 amide bonds. The second kappa shape index (κ2) is 6.64. The second-order valence-electron chi connectivity index (χ2n) is 3.75. The average Bonchev–Trinajstić information content (AvgIpc) is 2.20. The van der Waals surface area contributed by atoms with Crippen molar-refractivity contribution in [2.75, 3.05) is 25.1 Å². The van der Waals surface area contributed by atoms with Crippen LogP contribution in [0.15, 0.2) is 18.5 Å². The minimum absolute atomic E-state index is 0.578. The smallest absolute Gasteiger partial charge is 0.0820 e. The van der Waals surface area contributed by atoms with Gasteiger partial charge in [-0.25, -0.2) is 0 Å². The molecule has 0 fully saturated rings. The van der Waals surface area contributed by atoms with Crippen LogP contribution in [0.2, 0.25) is 5.02 Å². The Labute approximate surface area is 95.8 Å². The minimum atomic E-state index is 0.578. The van der Waals surface area contributed by atoms with Crippen LogP contribution in [0, 0.1) is 5.92 Å². The van der Waals surface area contributed by atoms with Gasteiger partial charge in [-0.3, -0.25) is 4.98 Å². The van der Waals surface area contributed by atoms with Gasteiger partial charge in [0.1, 0.15) is 0 Å². The largest absolute Gasteiger partial charge is 0.381 e. The highest BCUT2D eigenvalue weighted by atomic mass is 35.5. The molecular weight excluding hydrogens is 212 g/mol. The number of rotatable bonds is 6. The molecule has 1 aromatic heterocycles. The van der Waals surface area contributed by atoms with Crippen LogP contribution < -0.4 is 5.32 Å². The van der Waals surface area contributed by atoms with E-state index < -0.39 is 0 Å². The maximum absolute atomic E-state index is 5.92. The summed E-state index contributed by atoms with van der Waals surface area (Å²) >= 11 is 5.92. The van der Waals surface area contributed by atoms with E-state index in [1.165, 1.54) is 0 Å². The number of hydrogen-bond acceptors (Lipinski definition) is 3. The van der Waals surface area contributed by atoms with Crippen LogP contribution in [0.5, 0.6) is 0 Å². The Morgan fingerprint density at radius 2 is 2.33 bits per heavy atom. The summed E-state index contributed by atoms with van der Waals surface area (Å²) in [6, 6.07) is 1.85. The zero-order valence-corrected chi connectivity index (χ0v) is 9.92. The summed E-state index contributed by atoms with van der Waals surface area (Å²) in [6.07, 6.45) is 3.34. The second-order valence-corrected chi connectivity index (χ2v) is 4.16. The molecule has 84 valence electrons. The molecule has 0 saturated carbocycles. The van der Waals surface area contributed by atoms with Crippen molar-refractivity contribution in [2.24, 2.45) is 5.92 Å². The highest BCUT2D eigenvalue weighted by Crippen LogP contribution is 2.18. The molecule has 0 aliphatic carbocycles. The molecule has 1 N–H and O–H groups in total. The van der Waals surface area contributed by atoms with E-state index in [-0.39, 0.29) is 0 Å². The maximum Gasteiger partial charge on any atom is 0.0820 e. The predicted molar refractivity (Wildman–Crippen MR) is 63.4 cm³/mol. The van der Waals surface area contributed by atoms with Gasteiger partial charge in [0, 0.05) is 25.5 Å². The molecule has 0 bridgehead atoms. The van der Waals surface area contributed by atoms with E-state index in [1.807, 2.05) is 6.07 Å². The molecule has 0 radical (unpaired) electrons. The molecule has 0 aliphatic rings. The molecular formula is C11H17ClN2O. The van der Waals surface area contributed by atoms with Gasteiger partial charge in [0.25, 0.3) is 0 Å². The van der Waals surface area contributed by atoms with Gasteiger partial charge in [0.2, 0.25) is 0 Å². The Bertz CT molecular complexity index is 292. The third-order valence-corrected chi connectivity index (χ3v) is 2.09. The summed E-state index contributed by atoms with van der Waals surface area (Å²) in [5.74, 6) is 0.578. The van der Waals surface area contributed by atoms with Crippen LogP contribution in [0.3, 0.4) is 0 Å². The quantitative estimate of drug-likeness (QED) is 0.761. The van der Waals surface area contributed by atoms with E-state index >= 15 is 0 Å². The van der Waals surface area contributed by atoms with E-state index in [4.69, 9.17) is 16.3 Å². The Morgan fingerprint density at radius 3 is 3.00 bits per heavy atom. The van der Waals surface area contributed by atoms with Crippen molar-refractivity contribution >= 4 is 17.3 Å². The fourth-order valence-corrected chi connectivity index (χ4v) is 1.28. The summed E-state index contributed by atoms with van der Waals surface area (Å²) < 4.78 is 5.44. The van der Waals surface area contributed by atoms with Crippen LogP contribution >= 0.6 is 11.6 Å². The summed E-state index contributed by atoms with van der Waals surface area (Å²) in [5, 5.41) is 3.83. The normalized spacial score (nSPS) is 10.7. The Hall–Kier alpha value is -0.800. The highest BCUT2D eigenvalue weighted by Gasteiger charge is 1.98. The van der Waals surface area contributed by atoms with E-state index in [0.29, 0.717) is 17.5 Å². The fraction of sp³-hybridized carbons (Fsp3) is 0.545. The number of aromatic nitrogens is 1. The number of halogens is 1. The standard InChI is InChI=1S/C11H17ClN2O/c1-9(2)8-15-6-5-14-11-3-4-13-7-10(11)12/h3-4,7,9H,5-6,8H2,1-2H3,(H,13,14). The lowest BCUT2D eigenvalue weighted by Gasteiger charge is -2.09. The summed E-state index contributed by atoms with van der Waals surface area (Å²) in [7, 11) is 0. The summed E-state index contributed by atoms with van der Waals surface area (Å²) in [5.41, 5.74) is 0.903. The average molecular weight is 229 g/mol. The molecule has 0 saturated heterocycles. The molecule has 0 unspecified atom stereocenters. The maximum atomic E-state index is 5.92. The van der Waals surface area contributed by atoms with Gasteiger partial charge in [0.15, 0.2) is 0 Å². The molecule has 15 heavy (non-hydrogen) atoms. The summed E-state index contributed by atoms with van der Waals surface area (Å²) in [6.45, 7) is 6.51. The number of ether oxygens (including phenoxy) is 1. The van der Waals surface area contributed by atoms with Gasteiger partial charge in [-0.2, -0.15) is 0 Å². The molecule has 1 rings (SSSR count). The number of nitrogens with one attached hydrogen (secondary N) is 1. The number of anilines is 1. The van der Waals surface area contributed by atoms with Crippen molar-refractivity contribution in [2.45, 2.75) is 13.8 Å². The first-order valence-corrected chi connectivity index (χ1v) is 5.49. The molecule has 3 nitrogen and oxygen atoms in total. The molecule has 1 heterocycles. The Kier molecular flexibility index (Phi) is 5.43. The van der Waals surface area contributed by atoms with Crippen molar-refractivity contribution in [3.8, 4) is 0 Å². The van der Waals surface area contributed by atoms with Gasteiger partial charge in [0.05, 0.1) is 17.3 Å². The third-order valence-electron chi connectivity index (χ3n) is 1.79. The first-order chi connectivity index (χ1) is 7.20. The molecule has 4 heteroatoms. The highest BCUT2D eigenvalue weighted by molar-refractivity contribution is 6.33. The monoisotopic (exact) mass is 228 g/mol. The predicted octanol–water partition coefficient (Wildman–Crippen LogP) is 2.82. The van der Waals surface area contributed by atoms with Gasteiger partial charge in [-0.05, 0) is 12.0 Å². The van der Waals surface area contributed by atoms with Gasteiger partial charge < -0.3 is 10.1 Å². The van der Waals surface area contributed by atoms with Crippen molar-refractivity contribution in [3.05, 3.63) is 23.5 Å².